The smallest absolute Gasteiger partial charge is 0.205 e. The van der Waals surface area contributed by atoms with E-state index < -0.39 is 8.38 Å². The average Bonchev–Trinajstić information content (AvgIpc) is 2.61. The van der Waals surface area contributed by atoms with Gasteiger partial charge in [0.15, 0.2) is 0 Å². The predicted octanol–water partition coefficient (Wildman–Crippen LogP) is 5.52. The molecule has 0 bridgehead atoms. The van der Waals surface area contributed by atoms with Crippen molar-refractivity contribution in [3.63, 3.8) is 0 Å². The van der Waals surface area contributed by atoms with Crippen molar-refractivity contribution in [2.24, 2.45) is 0 Å². The topological polar surface area (TPSA) is 18.5 Å². The summed E-state index contributed by atoms with van der Waals surface area (Å²) in [6.07, 6.45) is 0. The Morgan fingerprint density at radius 3 is 2.09 bits per heavy atom. The molecule has 0 aliphatic rings. The molecule has 0 saturated carbocycles. The van der Waals surface area contributed by atoms with Gasteiger partial charge < -0.3 is 9.05 Å². The molecule has 0 aliphatic carbocycles. The van der Waals surface area contributed by atoms with Gasteiger partial charge in [-0.3, -0.25) is 0 Å². The maximum absolute atomic E-state index is 5.89. The highest BCUT2D eigenvalue weighted by molar-refractivity contribution is 7.56. The molecule has 0 aromatic heterocycles. The highest BCUT2D eigenvalue weighted by Gasteiger charge is 2.18. The number of hydrogen-bond donors (Lipinski definition) is 0. The van der Waals surface area contributed by atoms with E-state index in [1.807, 2.05) is 13.8 Å². The standard InChI is InChI=1S/C20H21O2P/c1-3-21-23(22-4-2)20-15-8-7-13-19(20)18-14-9-11-16-10-5-6-12-17(16)18/h5-15H,3-4H2,1-2H3. The molecular formula is C20H21O2P. The SMILES string of the molecule is CCOP(OCC)c1ccccc1-c1cccc2ccccc12. The molecule has 0 spiro atoms. The number of rotatable bonds is 6. The molecule has 0 heterocycles. The van der Waals surface area contributed by atoms with E-state index in [9.17, 15) is 0 Å². The summed E-state index contributed by atoms with van der Waals surface area (Å²) in [5.41, 5.74) is 2.42. The summed E-state index contributed by atoms with van der Waals surface area (Å²) < 4.78 is 11.8. The Balaban J connectivity index is 2.16. The summed E-state index contributed by atoms with van der Waals surface area (Å²) in [6.45, 7) is 5.31. The van der Waals surface area contributed by atoms with Crippen molar-refractivity contribution >= 4 is 24.5 Å². The van der Waals surface area contributed by atoms with Crippen LogP contribution in [-0.4, -0.2) is 13.2 Å². The van der Waals surface area contributed by atoms with E-state index in [0.29, 0.717) is 13.2 Å². The van der Waals surface area contributed by atoms with Crippen LogP contribution in [0, 0.1) is 0 Å². The Kier molecular flexibility index (Phi) is 5.40. The number of fused-ring (bicyclic) bond motifs is 1. The van der Waals surface area contributed by atoms with E-state index in [1.165, 1.54) is 21.9 Å². The van der Waals surface area contributed by atoms with Crippen LogP contribution in [0.25, 0.3) is 21.9 Å². The molecule has 2 nitrogen and oxygen atoms in total. The lowest BCUT2D eigenvalue weighted by Crippen LogP contribution is -2.09. The van der Waals surface area contributed by atoms with Crippen molar-refractivity contribution in [1.82, 2.24) is 0 Å². The quantitative estimate of drug-likeness (QED) is 0.556. The van der Waals surface area contributed by atoms with Crippen LogP contribution in [0.15, 0.2) is 66.7 Å². The van der Waals surface area contributed by atoms with E-state index in [0.717, 1.165) is 5.30 Å². The Bertz CT molecular complexity index is 774. The van der Waals surface area contributed by atoms with Crippen LogP contribution >= 0.6 is 8.38 Å². The Hall–Kier alpha value is -1.73. The highest BCUT2D eigenvalue weighted by atomic mass is 31.2. The van der Waals surface area contributed by atoms with E-state index >= 15 is 0 Å². The Labute approximate surface area is 139 Å². The fourth-order valence-corrected chi connectivity index (χ4v) is 4.15. The first kappa shape index (κ1) is 16.1. The van der Waals surface area contributed by atoms with Gasteiger partial charge in [0.05, 0.1) is 13.2 Å². The molecule has 3 aromatic carbocycles. The Morgan fingerprint density at radius 2 is 1.30 bits per heavy atom. The van der Waals surface area contributed by atoms with Crippen molar-refractivity contribution in [2.75, 3.05) is 13.2 Å². The molecule has 23 heavy (non-hydrogen) atoms. The molecule has 0 aliphatic heterocycles. The van der Waals surface area contributed by atoms with Gasteiger partial charge in [-0.1, -0.05) is 60.7 Å². The molecular weight excluding hydrogens is 303 g/mol. The van der Waals surface area contributed by atoms with Crippen LogP contribution in [-0.2, 0) is 9.05 Å². The highest BCUT2D eigenvalue weighted by Crippen LogP contribution is 2.41. The lowest BCUT2D eigenvalue weighted by Gasteiger charge is -2.20. The second-order valence-electron chi connectivity index (χ2n) is 5.14. The van der Waals surface area contributed by atoms with Crippen LogP contribution in [0.4, 0.5) is 0 Å². The summed E-state index contributed by atoms with van der Waals surface area (Å²) in [6, 6.07) is 23.3. The molecule has 3 aromatic rings. The van der Waals surface area contributed by atoms with Crippen molar-refractivity contribution in [3.8, 4) is 11.1 Å². The first-order valence-electron chi connectivity index (χ1n) is 7.98. The van der Waals surface area contributed by atoms with Crippen molar-refractivity contribution in [1.29, 1.82) is 0 Å². The van der Waals surface area contributed by atoms with Crippen molar-refractivity contribution < 1.29 is 9.05 Å². The molecule has 3 heteroatoms. The van der Waals surface area contributed by atoms with Gasteiger partial charge in [0.1, 0.15) is 0 Å². The van der Waals surface area contributed by atoms with E-state index in [2.05, 4.69) is 66.7 Å². The number of benzene rings is 3. The maximum Gasteiger partial charge on any atom is 0.205 e. The minimum atomic E-state index is -1.06. The molecule has 0 amide bonds. The van der Waals surface area contributed by atoms with Gasteiger partial charge in [-0.25, -0.2) is 0 Å². The van der Waals surface area contributed by atoms with E-state index in [1.54, 1.807) is 0 Å². The summed E-state index contributed by atoms with van der Waals surface area (Å²) in [5, 5.41) is 3.64. The lowest BCUT2D eigenvalue weighted by atomic mass is 9.98. The fourth-order valence-electron chi connectivity index (χ4n) is 2.73. The van der Waals surface area contributed by atoms with Gasteiger partial charge in [0.25, 0.3) is 0 Å². The van der Waals surface area contributed by atoms with Crippen molar-refractivity contribution in [3.05, 3.63) is 66.7 Å². The van der Waals surface area contributed by atoms with E-state index in [-0.39, 0.29) is 0 Å². The zero-order chi connectivity index (χ0) is 16.1. The van der Waals surface area contributed by atoms with Crippen molar-refractivity contribution in [2.45, 2.75) is 13.8 Å². The van der Waals surface area contributed by atoms with Crippen LogP contribution in [0.3, 0.4) is 0 Å². The molecule has 0 N–H and O–H groups in total. The molecule has 118 valence electrons. The Morgan fingerprint density at radius 1 is 0.696 bits per heavy atom. The van der Waals surface area contributed by atoms with Gasteiger partial charge in [0.2, 0.25) is 8.38 Å². The van der Waals surface area contributed by atoms with E-state index in [4.69, 9.17) is 9.05 Å². The second-order valence-corrected chi connectivity index (χ2v) is 6.65. The molecule has 0 saturated heterocycles. The summed E-state index contributed by atoms with van der Waals surface area (Å²) in [7, 11) is -1.06. The van der Waals surface area contributed by atoms with Crippen LogP contribution in [0.5, 0.6) is 0 Å². The molecule has 0 radical (unpaired) electrons. The minimum Gasteiger partial charge on any atom is -0.331 e. The maximum atomic E-state index is 5.89. The summed E-state index contributed by atoms with van der Waals surface area (Å²) in [4.78, 5) is 0. The third-order valence-electron chi connectivity index (χ3n) is 3.67. The largest absolute Gasteiger partial charge is 0.331 e. The van der Waals surface area contributed by atoms with Crippen LogP contribution in [0.1, 0.15) is 13.8 Å². The first-order chi connectivity index (χ1) is 11.3. The van der Waals surface area contributed by atoms with Gasteiger partial charge in [0, 0.05) is 5.30 Å². The molecule has 3 rings (SSSR count). The monoisotopic (exact) mass is 324 g/mol. The zero-order valence-corrected chi connectivity index (χ0v) is 14.4. The van der Waals surface area contributed by atoms with Crippen LogP contribution < -0.4 is 5.30 Å². The van der Waals surface area contributed by atoms with Gasteiger partial charge >= 0.3 is 0 Å². The second kappa shape index (κ2) is 7.70. The number of hydrogen-bond acceptors (Lipinski definition) is 2. The van der Waals surface area contributed by atoms with Gasteiger partial charge in [-0.05, 0) is 41.8 Å². The third-order valence-corrected chi connectivity index (χ3v) is 5.44. The van der Waals surface area contributed by atoms with Gasteiger partial charge in [-0.15, -0.1) is 0 Å². The predicted molar refractivity (Wildman–Crippen MR) is 99.2 cm³/mol. The fraction of sp³-hybridized carbons (Fsp3) is 0.200. The lowest BCUT2D eigenvalue weighted by molar-refractivity contribution is 0.277. The minimum absolute atomic E-state index is 0.648. The first-order valence-corrected chi connectivity index (χ1v) is 9.16. The summed E-state index contributed by atoms with van der Waals surface area (Å²) >= 11 is 0. The molecule has 0 unspecified atom stereocenters. The average molecular weight is 324 g/mol. The zero-order valence-electron chi connectivity index (χ0n) is 13.5. The van der Waals surface area contributed by atoms with Crippen LogP contribution in [0.2, 0.25) is 0 Å². The molecule has 0 atom stereocenters. The summed E-state index contributed by atoms with van der Waals surface area (Å²) in [5.74, 6) is 0. The molecule has 0 fully saturated rings. The normalized spacial score (nSPS) is 11.3. The third kappa shape index (κ3) is 3.45. The van der Waals surface area contributed by atoms with Gasteiger partial charge in [-0.2, -0.15) is 0 Å².